The van der Waals surface area contributed by atoms with E-state index in [0.717, 1.165) is 11.3 Å². The molecule has 0 aliphatic rings. The SMILES string of the molecule is O=C(CCC(=O)OCc1ccccc1)NCCc1cnc[nH]1. The Kier molecular flexibility index (Phi) is 6.17. The number of nitrogens with one attached hydrogen (secondary N) is 2. The number of carbonyl (C=O) groups excluding carboxylic acids is 2. The highest BCUT2D eigenvalue weighted by molar-refractivity contribution is 5.81. The van der Waals surface area contributed by atoms with E-state index in [-0.39, 0.29) is 31.3 Å². The van der Waals surface area contributed by atoms with Gasteiger partial charge in [0.2, 0.25) is 5.91 Å². The van der Waals surface area contributed by atoms with Crippen molar-refractivity contribution in [1.82, 2.24) is 15.3 Å². The van der Waals surface area contributed by atoms with Crippen molar-refractivity contribution in [1.29, 1.82) is 0 Å². The number of H-pyrrole nitrogens is 1. The fraction of sp³-hybridized carbons (Fsp3) is 0.312. The molecule has 0 radical (unpaired) electrons. The van der Waals surface area contributed by atoms with Gasteiger partial charge in [0, 0.05) is 31.3 Å². The number of hydrogen-bond acceptors (Lipinski definition) is 4. The summed E-state index contributed by atoms with van der Waals surface area (Å²) in [6.07, 6.45) is 4.22. The first-order chi connectivity index (χ1) is 10.7. The maximum Gasteiger partial charge on any atom is 0.306 e. The van der Waals surface area contributed by atoms with E-state index >= 15 is 0 Å². The first-order valence-electron chi connectivity index (χ1n) is 7.17. The molecule has 1 amide bonds. The summed E-state index contributed by atoms with van der Waals surface area (Å²) in [7, 11) is 0. The van der Waals surface area contributed by atoms with Crippen molar-refractivity contribution < 1.29 is 14.3 Å². The molecule has 1 aromatic carbocycles. The van der Waals surface area contributed by atoms with Gasteiger partial charge in [-0.2, -0.15) is 0 Å². The van der Waals surface area contributed by atoms with Crippen LogP contribution in [0.4, 0.5) is 0 Å². The Morgan fingerprint density at radius 3 is 2.73 bits per heavy atom. The zero-order valence-corrected chi connectivity index (χ0v) is 12.2. The summed E-state index contributed by atoms with van der Waals surface area (Å²) in [6.45, 7) is 0.751. The van der Waals surface area contributed by atoms with Crippen LogP contribution < -0.4 is 5.32 Å². The monoisotopic (exact) mass is 301 g/mol. The summed E-state index contributed by atoms with van der Waals surface area (Å²) >= 11 is 0. The van der Waals surface area contributed by atoms with Crippen LogP contribution in [-0.4, -0.2) is 28.4 Å². The fourth-order valence-corrected chi connectivity index (χ4v) is 1.87. The molecule has 116 valence electrons. The lowest BCUT2D eigenvalue weighted by molar-refractivity contribution is -0.146. The minimum absolute atomic E-state index is 0.0860. The molecule has 2 rings (SSSR count). The van der Waals surface area contributed by atoms with Crippen LogP contribution in [0.2, 0.25) is 0 Å². The Bertz CT molecular complexity index is 582. The lowest BCUT2D eigenvalue weighted by Gasteiger charge is -2.06. The number of carbonyl (C=O) groups is 2. The van der Waals surface area contributed by atoms with Gasteiger partial charge in [-0.05, 0) is 5.56 Å². The van der Waals surface area contributed by atoms with Gasteiger partial charge in [-0.1, -0.05) is 30.3 Å². The first kappa shape index (κ1) is 15.8. The number of aromatic amines is 1. The molecule has 2 aromatic rings. The molecule has 0 saturated carbocycles. The Balaban J connectivity index is 1.56. The van der Waals surface area contributed by atoms with Crippen LogP contribution in [0.5, 0.6) is 0 Å². The molecule has 2 N–H and O–H groups in total. The molecule has 0 fully saturated rings. The highest BCUT2D eigenvalue weighted by Crippen LogP contribution is 2.02. The summed E-state index contributed by atoms with van der Waals surface area (Å²) in [5.41, 5.74) is 1.89. The van der Waals surface area contributed by atoms with Crippen LogP contribution in [-0.2, 0) is 27.4 Å². The van der Waals surface area contributed by atoms with Crippen molar-refractivity contribution in [2.75, 3.05) is 6.54 Å². The van der Waals surface area contributed by atoms with Gasteiger partial charge in [-0.15, -0.1) is 0 Å². The van der Waals surface area contributed by atoms with E-state index in [4.69, 9.17) is 4.74 Å². The summed E-state index contributed by atoms with van der Waals surface area (Å²) in [4.78, 5) is 30.0. The molecule has 0 aliphatic carbocycles. The average Bonchev–Trinajstić information content (AvgIpc) is 3.05. The van der Waals surface area contributed by atoms with Gasteiger partial charge in [-0.25, -0.2) is 4.98 Å². The number of amides is 1. The average molecular weight is 301 g/mol. The van der Waals surface area contributed by atoms with E-state index in [9.17, 15) is 9.59 Å². The van der Waals surface area contributed by atoms with Crippen LogP contribution in [0.25, 0.3) is 0 Å². The van der Waals surface area contributed by atoms with Gasteiger partial charge in [0.05, 0.1) is 12.7 Å². The van der Waals surface area contributed by atoms with E-state index in [1.807, 2.05) is 30.3 Å². The smallest absolute Gasteiger partial charge is 0.306 e. The van der Waals surface area contributed by atoms with Crippen LogP contribution in [0.1, 0.15) is 24.1 Å². The van der Waals surface area contributed by atoms with Crippen LogP contribution >= 0.6 is 0 Å². The van der Waals surface area contributed by atoms with Crippen molar-refractivity contribution in [3.05, 3.63) is 54.1 Å². The number of aromatic nitrogens is 2. The van der Waals surface area contributed by atoms with Crippen LogP contribution in [0.15, 0.2) is 42.9 Å². The maximum atomic E-state index is 11.6. The molecule has 6 heteroatoms. The number of hydrogen-bond donors (Lipinski definition) is 2. The lowest BCUT2D eigenvalue weighted by atomic mass is 10.2. The summed E-state index contributed by atoms with van der Waals surface area (Å²) in [5, 5.41) is 2.76. The minimum Gasteiger partial charge on any atom is -0.461 e. The third-order valence-electron chi connectivity index (χ3n) is 3.07. The van der Waals surface area contributed by atoms with Crippen molar-refractivity contribution in [3.63, 3.8) is 0 Å². The predicted molar refractivity (Wildman–Crippen MR) is 80.8 cm³/mol. The predicted octanol–water partition coefficient (Wildman–Crippen LogP) is 1.59. The molecule has 1 heterocycles. The Morgan fingerprint density at radius 1 is 1.18 bits per heavy atom. The van der Waals surface area contributed by atoms with Crippen molar-refractivity contribution >= 4 is 11.9 Å². The number of rotatable bonds is 8. The normalized spacial score (nSPS) is 10.2. The molecule has 6 nitrogen and oxygen atoms in total. The third-order valence-corrected chi connectivity index (χ3v) is 3.07. The second kappa shape index (κ2) is 8.61. The molecule has 0 aliphatic heterocycles. The molecule has 0 unspecified atom stereocenters. The summed E-state index contributed by atoms with van der Waals surface area (Å²) in [6, 6.07) is 9.44. The Hall–Kier alpha value is -2.63. The molecule has 0 spiro atoms. The van der Waals surface area contributed by atoms with Gasteiger partial charge in [0.1, 0.15) is 6.61 Å². The Labute approximate surface area is 128 Å². The molecule has 0 saturated heterocycles. The molecule has 0 bridgehead atoms. The van der Waals surface area contributed by atoms with Crippen molar-refractivity contribution in [3.8, 4) is 0 Å². The second-order valence-corrected chi connectivity index (χ2v) is 4.82. The molecule has 1 aromatic heterocycles. The van der Waals surface area contributed by atoms with Gasteiger partial charge in [0.25, 0.3) is 0 Å². The second-order valence-electron chi connectivity index (χ2n) is 4.82. The number of nitrogens with zero attached hydrogens (tertiary/aromatic N) is 1. The zero-order valence-electron chi connectivity index (χ0n) is 12.2. The summed E-state index contributed by atoms with van der Waals surface area (Å²) < 4.78 is 5.11. The zero-order chi connectivity index (χ0) is 15.6. The Morgan fingerprint density at radius 2 is 2.00 bits per heavy atom. The quantitative estimate of drug-likeness (QED) is 0.725. The third kappa shape index (κ3) is 5.78. The molecular formula is C16H19N3O3. The standard InChI is InChI=1S/C16H19N3O3/c20-15(18-9-8-14-10-17-12-19-14)6-7-16(21)22-11-13-4-2-1-3-5-13/h1-5,10,12H,6-9,11H2,(H,17,19)(H,18,20). The van der Waals surface area contributed by atoms with E-state index in [1.54, 1.807) is 12.5 Å². The summed E-state index contributed by atoms with van der Waals surface area (Å²) in [5.74, 6) is -0.524. The van der Waals surface area contributed by atoms with Gasteiger partial charge in [0.15, 0.2) is 0 Å². The topological polar surface area (TPSA) is 84.1 Å². The maximum absolute atomic E-state index is 11.6. The number of ether oxygens (including phenoxy) is 1. The van der Waals surface area contributed by atoms with Crippen LogP contribution in [0.3, 0.4) is 0 Å². The fourth-order valence-electron chi connectivity index (χ4n) is 1.87. The molecular weight excluding hydrogens is 282 g/mol. The number of benzene rings is 1. The van der Waals surface area contributed by atoms with Gasteiger partial charge in [-0.3, -0.25) is 9.59 Å². The van der Waals surface area contributed by atoms with E-state index < -0.39 is 0 Å². The van der Waals surface area contributed by atoms with E-state index in [1.165, 1.54) is 0 Å². The van der Waals surface area contributed by atoms with Gasteiger partial charge >= 0.3 is 5.97 Å². The van der Waals surface area contributed by atoms with Crippen LogP contribution in [0, 0.1) is 0 Å². The van der Waals surface area contributed by atoms with Gasteiger partial charge < -0.3 is 15.0 Å². The lowest BCUT2D eigenvalue weighted by Crippen LogP contribution is -2.26. The largest absolute Gasteiger partial charge is 0.461 e. The highest BCUT2D eigenvalue weighted by atomic mass is 16.5. The highest BCUT2D eigenvalue weighted by Gasteiger charge is 2.08. The number of imidazole rings is 1. The van der Waals surface area contributed by atoms with Crippen molar-refractivity contribution in [2.45, 2.75) is 25.9 Å². The molecule has 22 heavy (non-hydrogen) atoms. The first-order valence-corrected chi connectivity index (χ1v) is 7.17. The molecule has 0 atom stereocenters. The minimum atomic E-state index is -0.368. The van der Waals surface area contributed by atoms with E-state index in [0.29, 0.717) is 13.0 Å². The van der Waals surface area contributed by atoms with Crippen molar-refractivity contribution in [2.24, 2.45) is 0 Å². The number of esters is 1. The van der Waals surface area contributed by atoms with E-state index in [2.05, 4.69) is 15.3 Å².